The van der Waals surface area contributed by atoms with Crippen molar-refractivity contribution >= 4 is 21.8 Å². The highest BCUT2D eigenvalue weighted by molar-refractivity contribution is 9.10. The average Bonchev–Trinajstić information content (AvgIpc) is 3.16. The summed E-state index contributed by atoms with van der Waals surface area (Å²) in [5.74, 6) is 0.951. The van der Waals surface area contributed by atoms with Crippen LogP contribution in [0.3, 0.4) is 0 Å². The molecule has 1 aromatic carbocycles. The summed E-state index contributed by atoms with van der Waals surface area (Å²) in [5.41, 5.74) is 0.872. The van der Waals surface area contributed by atoms with Gasteiger partial charge in [-0.2, -0.15) is 0 Å². The van der Waals surface area contributed by atoms with E-state index in [1.54, 1.807) is 0 Å². The standard InChI is InChI=1S/C17H22BrNO/c1-12(13-7-8-13)19-16(20)17(9-2-3-10-17)14-5-4-6-15(18)11-14/h4-6,11-13H,2-3,7-10H2,1H3,(H,19,20). The Morgan fingerprint density at radius 1 is 1.35 bits per heavy atom. The molecule has 20 heavy (non-hydrogen) atoms. The molecule has 3 rings (SSSR count). The summed E-state index contributed by atoms with van der Waals surface area (Å²) in [6.45, 7) is 2.15. The van der Waals surface area contributed by atoms with Crippen molar-refractivity contribution in [2.24, 2.45) is 5.92 Å². The third-order valence-corrected chi connectivity index (χ3v) is 5.45. The maximum Gasteiger partial charge on any atom is 0.230 e. The molecule has 2 aliphatic carbocycles. The van der Waals surface area contributed by atoms with Gasteiger partial charge in [0.2, 0.25) is 5.91 Å². The molecule has 1 atom stereocenters. The molecule has 0 radical (unpaired) electrons. The zero-order valence-electron chi connectivity index (χ0n) is 12.0. The second-order valence-corrected chi connectivity index (χ2v) is 7.31. The lowest BCUT2D eigenvalue weighted by Gasteiger charge is -2.30. The van der Waals surface area contributed by atoms with E-state index in [1.807, 2.05) is 12.1 Å². The summed E-state index contributed by atoms with van der Waals surface area (Å²) in [6, 6.07) is 8.62. The van der Waals surface area contributed by atoms with Crippen LogP contribution in [0.1, 0.15) is 51.0 Å². The van der Waals surface area contributed by atoms with Crippen LogP contribution in [0, 0.1) is 5.92 Å². The molecular weight excluding hydrogens is 314 g/mol. The van der Waals surface area contributed by atoms with Crippen LogP contribution in [-0.4, -0.2) is 11.9 Å². The minimum atomic E-state index is -0.299. The molecule has 0 aliphatic heterocycles. The minimum Gasteiger partial charge on any atom is -0.353 e. The first-order chi connectivity index (χ1) is 9.62. The van der Waals surface area contributed by atoms with Crippen molar-refractivity contribution in [3.8, 4) is 0 Å². The van der Waals surface area contributed by atoms with Crippen LogP contribution in [0.15, 0.2) is 28.7 Å². The molecule has 3 heteroatoms. The van der Waals surface area contributed by atoms with Crippen LogP contribution in [0.2, 0.25) is 0 Å². The molecule has 2 saturated carbocycles. The fourth-order valence-electron chi connectivity index (χ4n) is 3.47. The lowest BCUT2D eigenvalue weighted by molar-refractivity contribution is -0.127. The summed E-state index contributed by atoms with van der Waals surface area (Å²) in [4.78, 5) is 12.9. The molecule has 1 aromatic rings. The molecule has 0 saturated heterocycles. The lowest BCUT2D eigenvalue weighted by atomic mass is 9.78. The van der Waals surface area contributed by atoms with Crippen molar-refractivity contribution in [1.82, 2.24) is 5.32 Å². The van der Waals surface area contributed by atoms with Crippen LogP contribution < -0.4 is 5.32 Å². The van der Waals surface area contributed by atoms with Crippen molar-refractivity contribution in [3.63, 3.8) is 0 Å². The third-order valence-electron chi connectivity index (χ3n) is 4.96. The molecule has 2 nitrogen and oxygen atoms in total. The summed E-state index contributed by atoms with van der Waals surface area (Å²) >= 11 is 3.53. The molecule has 2 fully saturated rings. The van der Waals surface area contributed by atoms with Crippen molar-refractivity contribution < 1.29 is 4.79 Å². The molecule has 1 unspecified atom stereocenters. The Hall–Kier alpha value is -0.830. The zero-order chi connectivity index (χ0) is 14.2. The van der Waals surface area contributed by atoms with E-state index in [0.717, 1.165) is 30.2 Å². The fraction of sp³-hybridized carbons (Fsp3) is 0.588. The number of hydrogen-bond acceptors (Lipinski definition) is 1. The quantitative estimate of drug-likeness (QED) is 0.878. The van der Waals surface area contributed by atoms with Crippen LogP contribution in [0.4, 0.5) is 0 Å². The fourth-order valence-corrected chi connectivity index (χ4v) is 3.87. The van der Waals surface area contributed by atoms with Gasteiger partial charge in [-0.1, -0.05) is 40.9 Å². The average molecular weight is 336 g/mol. The maximum atomic E-state index is 12.9. The van der Waals surface area contributed by atoms with Crippen LogP contribution in [0.5, 0.6) is 0 Å². The first-order valence-electron chi connectivity index (χ1n) is 7.69. The van der Waals surface area contributed by atoms with E-state index in [4.69, 9.17) is 0 Å². The second kappa shape index (κ2) is 5.51. The predicted octanol–water partition coefficient (Wildman–Crippen LogP) is 4.18. The number of benzene rings is 1. The predicted molar refractivity (Wildman–Crippen MR) is 84.6 cm³/mol. The van der Waals surface area contributed by atoms with Gasteiger partial charge in [-0.05, 0) is 56.2 Å². The van der Waals surface area contributed by atoms with Gasteiger partial charge in [0.15, 0.2) is 0 Å². The first-order valence-corrected chi connectivity index (χ1v) is 8.48. The van der Waals surface area contributed by atoms with E-state index >= 15 is 0 Å². The molecule has 1 N–H and O–H groups in total. The van der Waals surface area contributed by atoms with Crippen molar-refractivity contribution in [2.75, 3.05) is 0 Å². The highest BCUT2D eigenvalue weighted by Crippen LogP contribution is 2.42. The van der Waals surface area contributed by atoms with Gasteiger partial charge in [0.25, 0.3) is 0 Å². The Morgan fingerprint density at radius 3 is 2.65 bits per heavy atom. The second-order valence-electron chi connectivity index (χ2n) is 6.40. The van der Waals surface area contributed by atoms with Gasteiger partial charge >= 0.3 is 0 Å². The van der Waals surface area contributed by atoms with E-state index in [9.17, 15) is 4.79 Å². The Kier molecular flexibility index (Phi) is 3.89. The van der Waals surface area contributed by atoms with E-state index in [1.165, 1.54) is 18.4 Å². The summed E-state index contributed by atoms with van der Waals surface area (Å²) in [7, 11) is 0. The molecule has 0 spiro atoms. The van der Waals surface area contributed by atoms with Crippen molar-refractivity contribution in [3.05, 3.63) is 34.3 Å². The monoisotopic (exact) mass is 335 g/mol. The van der Waals surface area contributed by atoms with E-state index in [2.05, 4.69) is 40.3 Å². The zero-order valence-corrected chi connectivity index (χ0v) is 13.6. The summed E-state index contributed by atoms with van der Waals surface area (Å²) in [6.07, 6.45) is 6.80. The highest BCUT2D eigenvalue weighted by Gasteiger charge is 2.44. The molecule has 108 valence electrons. The largest absolute Gasteiger partial charge is 0.353 e. The Bertz CT molecular complexity index is 503. The number of amides is 1. The van der Waals surface area contributed by atoms with Gasteiger partial charge in [-0.15, -0.1) is 0 Å². The minimum absolute atomic E-state index is 0.243. The third kappa shape index (κ3) is 2.65. The van der Waals surface area contributed by atoms with Crippen molar-refractivity contribution in [2.45, 2.75) is 56.9 Å². The number of rotatable bonds is 4. The van der Waals surface area contributed by atoms with Gasteiger partial charge in [-0.3, -0.25) is 4.79 Å². The highest BCUT2D eigenvalue weighted by atomic mass is 79.9. The summed E-state index contributed by atoms with van der Waals surface area (Å²) < 4.78 is 1.06. The maximum absolute atomic E-state index is 12.9. The first kappa shape index (κ1) is 14.1. The number of halogens is 1. The van der Waals surface area contributed by atoms with Gasteiger partial charge in [-0.25, -0.2) is 0 Å². The molecule has 2 aliphatic rings. The van der Waals surface area contributed by atoms with Gasteiger partial charge in [0.1, 0.15) is 0 Å². The topological polar surface area (TPSA) is 29.1 Å². The molecular formula is C17H22BrNO. The molecule has 0 bridgehead atoms. The van der Waals surface area contributed by atoms with Crippen LogP contribution in [-0.2, 0) is 10.2 Å². The van der Waals surface area contributed by atoms with E-state index in [-0.39, 0.29) is 11.3 Å². The number of carbonyl (C=O) groups excluding carboxylic acids is 1. The summed E-state index contributed by atoms with van der Waals surface area (Å²) in [5, 5.41) is 3.29. The SMILES string of the molecule is CC(NC(=O)C1(c2cccc(Br)c2)CCCC1)C1CC1. The molecule has 1 amide bonds. The van der Waals surface area contributed by atoms with Crippen LogP contribution >= 0.6 is 15.9 Å². The normalized spacial score (nSPS) is 22.5. The van der Waals surface area contributed by atoms with Crippen molar-refractivity contribution in [1.29, 1.82) is 0 Å². The molecule has 0 heterocycles. The smallest absolute Gasteiger partial charge is 0.230 e. The van der Waals surface area contributed by atoms with E-state index < -0.39 is 0 Å². The number of hydrogen-bond donors (Lipinski definition) is 1. The Balaban J connectivity index is 1.85. The van der Waals surface area contributed by atoms with Gasteiger partial charge in [0, 0.05) is 10.5 Å². The number of nitrogens with one attached hydrogen (secondary N) is 1. The lowest BCUT2D eigenvalue weighted by Crippen LogP contribution is -2.46. The van der Waals surface area contributed by atoms with Gasteiger partial charge in [0.05, 0.1) is 5.41 Å². The van der Waals surface area contributed by atoms with E-state index in [0.29, 0.717) is 12.0 Å². The Labute approximate surface area is 129 Å². The number of carbonyl (C=O) groups is 1. The molecule has 0 aromatic heterocycles. The van der Waals surface area contributed by atoms with Gasteiger partial charge < -0.3 is 5.32 Å². The van der Waals surface area contributed by atoms with Crippen LogP contribution in [0.25, 0.3) is 0 Å². The Morgan fingerprint density at radius 2 is 2.05 bits per heavy atom.